The molecule has 0 bridgehead atoms. The van der Waals surface area contributed by atoms with Crippen molar-refractivity contribution in [2.75, 3.05) is 18.0 Å². The molecular formula is C14H14F3N5OS. The number of rotatable bonds is 3. The monoisotopic (exact) mass is 357 g/mol. The first-order valence-electron chi connectivity index (χ1n) is 7.28. The minimum Gasteiger partial charge on any atom is -0.348 e. The van der Waals surface area contributed by atoms with Gasteiger partial charge >= 0.3 is 6.18 Å². The smallest absolute Gasteiger partial charge is 0.348 e. The van der Waals surface area contributed by atoms with E-state index in [1.807, 2.05) is 4.90 Å². The molecular weight excluding hydrogens is 343 g/mol. The molecule has 0 aromatic carbocycles. The highest BCUT2D eigenvalue weighted by Crippen LogP contribution is 2.33. The molecule has 6 nitrogen and oxygen atoms in total. The number of nitrogens with zero attached hydrogens (tertiary/aromatic N) is 4. The highest BCUT2D eigenvalue weighted by atomic mass is 32.1. The molecule has 128 valence electrons. The van der Waals surface area contributed by atoms with Gasteiger partial charge in [0.25, 0.3) is 5.91 Å². The van der Waals surface area contributed by atoms with Crippen LogP contribution in [0.1, 0.15) is 29.0 Å². The zero-order valence-electron chi connectivity index (χ0n) is 12.5. The van der Waals surface area contributed by atoms with Gasteiger partial charge in [-0.2, -0.15) is 13.2 Å². The summed E-state index contributed by atoms with van der Waals surface area (Å²) in [4.78, 5) is 25.1. The van der Waals surface area contributed by atoms with Crippen LogP contribution in [0.25, 0.3) is 0 Å². The third-order valence-electron chi connectivity index (χ3n) is 3.70. The summed E-state index contributed by atoms with van der Waals surface area (Å²) in [6, 6.07) is 1.49. The quantitative estimate of drug-likeness (QED) is 0.913. The van der Waals surface area contributed by atoms with E-state index in [0.717, 1.165) is 16.7 Å². The largest absolute Gasteiger partial charge is 0.434 e. The summed E-state index contributed by atoms with van der Waals surface area (Å²) < 4.78 is 37.8. The lowest BCUT2D eigenvalue weighted by Crippen LogP contribution is -2.44. The Morgan fingerprint density at radius 3 is 2.67 bits per heavy atom. The van der Waals surface area contributed by atoms with E-state index in [1.165, 1.54) is 18.6 Å². The van der Waals surface area contributed by atoms with E-state index in [0.29, 0.717) is 36.8 Å². The van der Waals surface area contributed by atoms with Crippen molar-refractivity contribution in [3.8, 4) is 0 Å². The number of hydrogen-bond donors (Lipinski definition) is 1. The van der Waals surface area contributed by atoms with Gasteiger partial charge in [-0.1, -0.05) is 0 Å². The highest BCUT2D eigenvalue weighted by molar-refractivity contribution is 7.13. The predicted octanol–water partition coefficient (Wildman–Crippen LogP) is 2.35. The topological polar surface area (TPSA) is 71.0 Å². The second-order valence-corrected chi connectivity index (χ2v) is 6.18. The second-order valence-electron chi connectivity index (χ2n) is 5.34. The van der Waals surface area contributed by atoms with Crippen molar-refractivity contribution in [1.82, 2.24) is 20.3 Å². The average molecular weight is 357 g/mol. The number of halogens is 3. The lowest BCUT2D eigenvalue weighted by molar-refractivity contribution is -0.140. The fourth-order valence-electron chi connectivity index (χ4n) is 2.44. The molecule has 0 atom stereocenters. The Bertz CT molecular complexity index is 698. The molecule has 1 amide bonds. The third kappa shape index (κ3) is 3.81. The number of aromatic nitrogens is 3. The molecule has 0 unspecified atom stereocenters. The van der Waals surface area contributed by atoms with Crippen LogP contribution < -0.4 is 10.2 Å². The third-order valence-corrected chi connectivity index (χ3v) is 4.60. The zero-order valence-corrected chi connectivity index (χ0v) is 13.3. The van der Waals surface area contributed by atoms with Gasteiger partial charge in [0.05, 0.1) is 0 Å². The SMILES string of the molecule is O=C(NC1CCN(c2nc(C(F)(F)F)cs2)CC1)c1ccncn1. The van der Waals surface area contributed by atoms with Crippen molar-refractivity contribution in [3.05, 3.63) is 35.4 Å². The highest BCUT2D eigenvalue weighted by Gasteiger charge is 2.34. The Morgan fingerprint density at radius 2 is 2.08 bits per heavy atom. The number of hydrogen-bond acceptors (Lipinski definition) is 6. The number of amides is 1. The van der Waals surface area contributed by atoms with Crippen LogP contribution in [0.2, 0.25) is 0 Å². The van der Waals surface area contributed by atoms with Crippen LogP contribution in [-0.4, -0.2) is 40.0 Å². The van der Waals surface area contributed by atoms with E-state index in [9.17, 15) is 18.0 Å². The molecule has 0 spiro atoms. The van der Waals surface area contributed by atoms with Gasteiger partial charge in [0.1, 0.15) is 12.0 Å². The molecule has 0 aliphatic carbocycles. The summed E-state index contributed by atoms with van der Waals surface area (Å²) in [6.45, 7) is 1.08. The van der Waals surface area contributed by atoms with Crippen molar-refractivity contribution >= 4 is 22.4 Å². The fourth-order valence-corrected chi connectivity index (χ4v) is 3.33. The summed E-state index contributed by atoms with van der Waals surface area (Å²) in [5.74, 6) is -0.274. The van der Waals surface area contributed by atoms with E-state index < -0.39 is 11.9 Å². The number of piperidine rings is 1. The molecule has 0 saturated carbocycles. The summed E-state index contributed by atoms with van der Waals surface area (Å²) in [5, 5.41) is 4.27. The minimum atomic E-state index is -4.42. The lowest BCUT2D eigenvalue weighted by Gasteiger charge is -2.32. The first-order chi connectivity index (χ1) is 11.4. The van der Waals surface area contributed by atoms with Crippen LogP contribution in [-0.2, 0) is 6.18 Å². The standard InChI is InChI=1S/C14H14F3N5OS/c15-14(16,17)11-7-24-13(21-11)22-5-2-9(3-6-22)20-12(23)10-1-4-18-8-19-10/h1,4,7-9H,2-3,5-6H2,(H,20,23). The Balaban J connectivity index is 1.54. The molecule has 1 aliphatic heterocycles. The number of nitrogens with one attached hydrogen (secondary N) is 1. The van der Waals surface area contributed by atoms with Gasteiger partial charge in [0.15, 0.2) is 10.8 Å². The maximum absolute atomic E-state index is 12.6. The van der Waals surface area contributed by atoms with E-state index in [1.54, 1.807) is 0 Å². The molecule has 1 aliphatic rings. The molecule has 10 heteroatoms. The van der Waals surface area contributed by atoms with Gasteiger partial charge in [-0.3, -0.25) is 4.79 Å². The van der Waals surface area contributed by atoms with Crippen LogP contribution >= 0.6 is 11.3 Å². The van der Waals surface area contributed by atoms with Gasteiger partial charge in [-0.25, -0.2) is 15.0 Å². The first-order valence-corrected chi connectivity index (χ1v) is 8.16. The van der Waals surface area contributed by atoms with Crippen LogP contribution in [0.4, 0.5) is 18.3 Å². The van der Waals surface area contributed by atoms with Crippen LogP contribution in [0.3, 0.4) is 0 Å². The molecule has 2 aromatic rings. The number of carbonyl (C=O) groups excluding carboxylic acids is 1. The van der Waals surface area contributed by atoms with Crippen LogP contribution in [0, 0.1) is 0 Å². The summed E-state index contributed by atoms with van der Waals surface area (Å²) in [6.07, 6.45) is -0.350. The molecule has 3 heterocycles. The van der Waals surface area contributed by atoms with E-state index >= 15 is 0 Å². The Hall–Kier alpha value is -2.23. The maximum Gasteiger partial charge on any atom is 0.434 e. The second kappa shape index (κ2) is 6.71. The molecule has 1 fully saturated rings. The van der Waals surface area contributed by atoms with E-state index in [-0.39, 0.29) is 11.9 Å². The lowest BCUT2D eigenvalue weighted by atomic mass is 10.1. The van der Waals surface area contributed by atoms with Crippen molar-refractivity contribution in [1.29, 1.82) is 0 Å². The first kappa shape index (κ1) is 16.6. The molecule has 2 aromatic heterocycles. The molecule has 3 rings (SSSR count). The van der Waals surface area contributed by atoms with Crippen molar-refractivity contribution in [3.63, 3.8) is 0 Å². The molecule has 1 saturated heterocycles. The van der Waals surface area contributed by atoms with Gasteiger partial charge < -0.3 is 10.2 Å². The van der Waals surface area contributed by atoms with Gasteiger partial charge in [-0.15, -0.1) is 11.3 Å². The van der Waals surface area contributed by atoms with Crippen molar-refractivity contribution in [2.45, 2.75) is 25.1 Å². The van der Waals surface area contributed by atoms with E-state index in [2.05, 4.69) is 20.3 Å². The maximum atomic E-state index is 12.6. The van der Waals surface area contributed by atoms with Gasteiger partial charge in [-0.05, 0) is 18.9 Å². The van der Waals surface area contributed by atoms with Crippen LogP contribution in [0.15, 0.2) is 24.0 Å². The number of anilines is 1. The Labute approximate surface area is 139 Å². The number of thiazole rings is 1. The minimum absolute atomic E-state index is 0.0363. The Kier molecular flexibility index (Phi) is 4.65. The zero-order chi connectivity index (χ0) is 17.2. The van der Waals surface area contributed by atoms with Gasteiger partial charge in [0.2, 0.25) is 0 Å². The number of carbonyl (C=O) groups is 1. The molecule has 1 N–H and O–H groups in total. The normalized spacial score (nSPS) is 16.2. The average Bonchev–Trinajstić information content (AvgIpc) is 3.07. The number of alkyl halides is 3. The van der Waals surface area contributed by atoms with Crippen molar-refractivity contribution in [2.24, 2.45) is 0 Å². The summed E-state index contributed by atoms with van der Waals surface area (Å²) in [5.41, 5.74) is -0.566. The predicted molar refractivity (Wildman–Crippen MR) is 81.8 cm³/mol. The molecule has 0 radical (unpaired) electrons. The summed E-state index contributed by atoms with van der Waals surface area (Å²) >= 11 is 0.985. The van der Waals surface area contributed by atoms with Crippen LogP contribution in [0.5, 0.6) is 0 Å². The van der Waals surface area contributed by atoms with Crippen molar-refractivity contribution < 1.29 is 18.0 Å². The summed E-state index contributed by atoms with van der Waals surface area (Å²) in [7, 11) is 0. The van der Waals surface area contributed by atoms with E-state index in [4.69, 9.17) is 0 Å². The fraction of sp³-hybridized carbons (Fsp3) is 0.429. The Morgan fingerprint density at radius 1 is 1.33 bits per heavy atom. The van der Waals surface area contributed by atoms with Gasteiger partial charge in [0, 0.05) is 30.7 Å². The molecule has 24 heavy (non-hydrogen) atoms.